The molecule has 0 spiro atoms. The molecule has 1 saturated heterocycles. The third kappa shape index (κ3) is 3.45. The summed E-state index contributed by atoms with van der Waals surface area (Å²) in [5.41, 5.74) is 7.91. The van der Waals surface area contributed by atoms with Gasteiger partial charge < -0.3 is 10.6 Å². The van der Waals surface area contributed by atoms with Crippen molar-refractivity contribution >= 4 is 11.6 Å². The second kappa shape index (κ2) is 6.53. The van der Waals surface area contributed by atoms with Crippen LogP contribution in [0.25, 0.3) is 0 Å². The van der Waals surface area contributed by atoms with Crippen LogP contribution in [0.2, 0.25) is 5.02 Å². The molecule has 18 heavy (non-hydrogen) atoms. The van der Waals surface area contributed by atoms with Crippen LogP contribution in [0.15, 0.2) is 18.2 Å². The molecular formula is C14H22ClN3. The highest BCUT2D eigenvalue weighted by atomic mass is 35.5. The number of hydrogen-bond donors (Lipinski definition) is 1. The Labute approximate surface area is 115 Å². The van der Waals surface area contributed by atoms with Gasteiger partial charge in [-0.3, -0.25) is 4.90 Å². The van der Waals surface area contributed by atoms with Gasteiger partial charge in [-0.1, -0.05) is 30.7 Å². The molecule has 1 fully saturated rings. The fraction of sp³-hybridized carbons (Fsp3) is 0.571. The van der Waals surface area contributed by atoms with E-state index in [1.807, 2.05) is 6.07 Å². The maximum atomic E-state index is 6.29. The molecule has 100 valence electrons. The van der Waals surface area contributed by atoms with Crippen molar-refractivity contribution in [2.75, 3.05) is 32.7 Å². The van der Waals surface area contributed by atoms with Gasteiger partial charge in [0.05, 0.1) is 0 Å². The van der Waals surface area contributed by atoms with E-state index in [9.17, 15) is 0 Å². The van der Waals surface area contributed by atoms with Crippen LogP contribution in [0, 0.1) is 0 Å². The molecule has 0 unspecified atom stereocenters. The Morgan fingerprint density at radius 1 is 1.17 bits per heavy atom. The minimum absolute atomic E-state index is 0.551. The largest absolute Gasteiger partial charge is 0.326 e. The summed E-state index contributed by atoms with van der Waals surface area (Å²) in [6.07, 6.45) is 0. The molecule has 0 saturated carbocycles. The normalized spacial score (nSPS) is 18.2. The van der Waals surface area contributed by atoms with Crippen molar-refractivity contribution in [3.05, 3.63) is 34.3 Å². The smallest absolute Gasteiger partial charge is 0.0454 e. The molecule has 0 amide bonds. The molecule has 0 aromatic heterocycles. The maximum absolute atomic E-state index is 6.29. The number of benzene rings is 1. The van der Waals surface area contributed by atoms with Crippen LogP contribution >= 0.6 is 11.6 Å². The molecular weight excluding hydrogens is 246 g/mol. The number of rotatable bonds is 4. The minimum Gasteiger partial charge on any atom is -0.326 e. The summed E-state index contributed by atoms with van der Waals surface area (Å²) in [6.45, 7) is 9.45. The van der Waals surface area contributed by atoms with E-state index in [0.29, 0.717) is 6.54 Å². The molecule has 0 atom stereocenters. The zero-order chi connectivity index (χ0) is 13.0. The molecule has 0 bridgehead atoms. The second-order valence-corrected chi connectivity index (χ2v) is 5.25. The van der Waals surface area contributed by atoms with E-state index in [-0.39, 0.29) is 0 Å². The highest BCUT2D eigenvalue weighted by molar-refractivity contribution is 6.31. The zero-order valence-electron chi connectivity index (χ0n) is 11.0. The fourth-order valence-corrected chi connectivity index (χ4v) is 2.61. The molecule has 1 heterocycles. The van der Waals surface area contributed by atoms with Gasteiger partial charge in [-0.25, -0.2) is 0 Å². The van der Waals surface area contributed by atoms with Gasteiger partial charge in [-0.15, -0.1) is 0 Å². The molecule has 1 aliphatic heterocycles. The fourth-order valence-electron chi connectivity index (χ4n) is 2.35. The molecule has 0 aliphatic carbocycles. The number of nitrogens with two attached hydrogens (primary N) is 1. The summed E-state index contributed by atoms with van der Waals surface area (Å²) in [6, 6.07) is 6.17. The quantitative estimate of drug-likeness (QED) is 0.905. The Balaban J connectivity index is 1.94. The number of halogens is 1. The molecule has 2 N–H and O–H groups in total. The average Bonchev–Trinajstić information content (AvgIpc) is 2.42. The molecule has 0 radical (unpaired) electrons. The summed E-state index contributed by atoms with van der Waals surface area (Å²) in [5.74, 6) is 0. The molecule has 1 aliphatic rings. The lowest BCUT2D eigenvalue weighted by Gasteiger charge is -2.34. The maximum Gasteiger partial charge on any atom is 0.0454 e. The van der Waals surface area contributed by atoms with E-state index >= 15 is 0 Å². The van der Waals surface area contributed by atoms with Gasteiger partial charge in [0.15, 0.2) is 0 Å². The number of nitrogens with zero attached hydrogens (tertiary/aromatic N) is 2. The lowest BCUT2D eigenvalue weighted by atomic mass is 10.1. The summed E-state index contributed by atoms with van der Waals surface area (Å²) in [7, 11) is 0. The van der Waals surface area contributed by atoms with Crippen LogP contribution in [0.3, 0.4) is 0 Å². The minimum atomic E-state index is 0.551. The first-order valence-electron chi connectivity index (χ1n) is 6.65. The monoisotopic (exact) mass is 267 g/mol. The Morgan fingerprint density at radius 3 is 2.39 bits per heavy atom. The van der Waals surface area contributed by atoms with E-state index in [1.54, 1.807) is 0 Å². The predicted molar refractivity (Wildman–Crippen MR) is 76.7 cm³/mol. The Kier molecular flexibility index (Phi) is 5.01. The number of likely N-dealkylation sites (N-methyl/N-ethyl adjacent to an activating group) is 1. The molecule has 2 rings (SSSR count). The Morgan fingerprint density at radius 2 is 1.83 bits per heavy atom. The Hall–Kier alpha value is -0.610. The van der Waals surface area contributed by atoms with E-state index in [2.05, 4.69) is 28.9 Å². The standard InChI is InChI=1S/C14H22ClN3/c1-2-17-5-7-18(8-6-17)11-13-4-3-12(10-16)9-14(13)15/h3-4,9H,2,5-8,10-11,16H2,1H3. The molecule has 3 nitrogen and oxygen atoms in total. The summed E-state index contributed by atoms with van der Waals surface area (Å²) >= 11 is 6.29. The van der Waals surface area contributed by atoms with Gasteiger partial charge in [-0.2, -0.15) is 0 Å². The molecule has 4 heteroatoms. The van der Waals surface area contributed by atoms with Crippen molar-refractivity contribution in [1.29, 1.82) is 0 Å². The first-order valence-corrected chi connectivity index (χ1v) is 7.02. The van der Waals surface area contributed by atoms with Gasteiger partial charge >= 0.3 is 0 Å². The second-order valence-electron chi connectivity index (χ2n) is 4.84. The number of hydrogen-bond acceptors (Lipinski definition) is 3. The van der Waals surface area contributed by atoms with Crippen molar-refractivity contribution < 1.29 is 0 Å². The highest BCUT2D eigenvalue weighted by Crippen LogP contribution is 2.20. The van der Waals surface area contributed by atoms with Gasteiger partial charge in [0, 0.05) is 44.3 Å². The van der Waals surface area contributed by atoms with Crippen LogP contribution < -0.4 is 5.73 Å². The van der Waals surface area contributed by atoms with E-state index in [0.717, 1.165) is 49.9 Å². The van der Waals surface area contributed by atoms with Crippen molar-refractivity contribution in [2.45, 2.75) is 20.0 Å². The summed E-state index contributed by atoms with van der Waals surface area (Å²) < 4.78 is 0. The zero-order valence-corrected chi connectivity index (χ0v) is 11.8. The van der Waals surface area contributed by atoms with Gasteiger partial charge in [0.1, 0.15) is 0 Å². The third-order valence-electron chi connectivity index (χ3n) is 3.66. The first-order chi connectivity index (χ1) is 8.72. The van der Waals surface area contributed by atoms with E-state index in [4.69, 9.17) is 17.3 Å². The van der Waals surface area contributed by atoms with Crippen LogP contribution in [0.4, 0.5) is 0 Å². The summed E-state index contributed by atoms with van der Waals surface area (Å²) in [5, 5.41) is 0.843. The van der Waals surface area contributed by atoms with Crippen LogP contribution in [0.5, 0.6) is 0 Å². The highest BCUT2D eigenvalue weighted by Gasteiger charge is 2.16. The Bertz CT molecular complexity index is 387. The van der Waals surface area contributed by atoms with Gasteiger partial charge in [0.25, 0.3) is 0 Å². The van der Waals surface area contributed by atoms with Crippen molar-refractivity contribution in [3.8, 4) is 0 Å². The first kappa shape index (κ1) is 13.8. The van der Waals surface area contributed by atoms with Gasteiger partial charge in [0.2, 0.25) is 0 Å². The topological polar surface area (TPSA) is 32.5 Å². The van der Waals surface area contributed by atoms with Crippen LogP contribution in [0.1, 0.15) is 18.1 Å². The van der Waals surface area contributed by atoms with Crippen LogP contribution in [-0.2, 0) is 13.1 Å². The van der Waals surface area contributed by atoms with Gasteiger partial charge in [-0.05, 0) is 23.7 Å². The number of piperazine rings is 1. The van der Waals surface area contributed by atoms with Crippen molar-refractivity contribution in [1.82, 2.24) is 9.80 Å². The van der Waals surface area contributed by atoms with Crippen molar-refractivity contribution in [3.63, 3.8) is 0 Å². The van der Waals surface area contributed by atoms with E-state index in [1.165, 1.54) is 5.56 Å². The predicted octanol–water partition coefficient (Wildman–Crippen LogP) is 1.94. The SMILES string of the molecule is CCN1CCN(Cc2ccc(CN)cc2Cl)CC1. The average molecular weight is 268 g/mol. The summed E-state index contributed by atoms with van der Waals surface area (Å²) in [4.78, 5) is 4.95. The molecule has 1 aromatic rings. The lowest BCUT2D eigenvalue weighted by molar-refractivity contribution is 0.132. The molecule has 1 aromatic carbocycles. The third-order valence-corrected chi connectivity index (χ3v) is 4.01. The van der Waals surface area contributed by atoms with Crippen LogP contribution in [-0.4, -0.2) is 42.5 Å². The van der Waals surface area contributed by atoms with E-state index < -0.39 is 0 Å². The lowest BCUT2D eigenvalue weighted by Crippen LogP contribution is -2.45. The van der Waals surface area contributed by atoms with Crippen molar-refractivity contribution in [2.24, 2.45) is 5.73 Å².